The molecule has 1 amide bonds. The number of halogens is 1. The lowest BCUT2D eigenvalue weighted by Gasteiger charge is -2.06. The molecule has 0 unspecified atom stereocenters. The highest BCUT2D eigenvalue weighted by molar-refractivity contribution is 6.30. The lowest BCUT2D eigenvalue weighted by molar-refractivity contribution is -0.384. The van der Waals surface area contributed by atoms with Crippen LogP contribution in [0.4, 0.5) is 5.69 Å². The Morgan fingerprint density at radius 3 is 2.44 bits per heavy atom. The van der Waals surface area contributed by atoms with Crippen molar-refractivity contribution in [3.8, 4) is 11.5 Å². The summed E-state index contributed by atoms with van der Waals surface area (Å²) in [5.74, 6) is -0.441. The molecule has 32 heavy (non-hydrogen) atoms. The normalized spacial score (nSPS) is 10.5. The van der Waals surface area contributed by atoms with Gasteiger partial charge in [0.15, 0.2) is 6.61 Å². The van der Waals surface area contributed by atoms with Crippen molar-refractivity contribution in [2.75, 3.05) is 6.61 Å². The minimum atomic E-state index is -0.535. The Kier molecular flexibility index (Phi) is 7.50. The molecule has 0 spiro atoms. The van der Waals surface area contributed by atoms with Crippen LogP contribution in [-0.2, 0) is 4.79 Å². The Labute approximate surface area is 187 Å². The Bertz CT molecular complexity index is 1150. The molecule has 0 bridgehead atoms. The second-order valence-corrected chi connectivity index (χ2v) is 6.74. The van der Waals surface area contributed by atoms with E-state index in [1.54, 1.807) is 48.5 Å². The molecule has 0 saturated heterocycles. The lowest BCUT2D eigenvalue weighted by atomic mass is 10.2. The average Bonchev–Trinajstić information content (AvgIpc) is 2.78. The predicted molar refractivity (Wildman–Crippen MR) is 117 cm³/mol. The maximum absolute atomic E-state index is 12.2. The molecule has 3 rings (SSSR count). The first-order chi connectivity index (χ1) is 15.4. The third-order valence-corrected chi connectivity index (χ3v) is 4.22. The van der Waals surface area contributed by atoms with Gasteiger partial charge in [-0.15, -0.1) is 0 Å². The summed E-state index contributed by atoms with van der Waals surface area (Å²) in [6, 6.07) is 18.2. The van der Waals surface area contributed by atoms with E-state index in [4.69, 9.17) is 21.1 Å². The van der Waals surface area contributed by atoms with Crippen LogP contribution in [0.2, 0.25) is 5.02 Å². The summed E-state index contributed by atoms with van der Waals surface area (Å²) in [7, 11) is 0. The molecule has 0 atom stereocenters. The fourth-order valence-electron chi connectivity index (χ4n) is 2.43. The van der Waals surface area contributed by atoms with E-state index in [0.29, 0.717) is 27.6 Å². The van der Waals surface area contributed by atoms with Crippen molar-refractivity contribution < 1.29 is 24.0 Å². The van der Waals surface area contributed by atoms with Gasteiger partial charge in [0, 0.05) is 17.2 Å². The zero-order valence-electron chi connectivity index (χ0n) is 16.4. The molecule has 0 saturated carbocycles. The summed E-state index contributed by atoms with van der Waals surface area (Å²) in [5, 5.41) is 15.0. The van der Waals surface area contributed by atoms with Gasteiger partial charge in [0.1, 0.15) is 11.5 Å². The molecule has 0 aliphatic rings. The van der Waals surface area contributed by atoms with E-state index in [1.165, 1.54) is 30.5 Å². The van der Waals surface area contributed by atoms with Crippen molar-refractivity contribution in [3.63, 3.8) is 0 Å². The largest absolute Gasteiger partial charge is 0.484 e. The third-order valence-electron chi connectivity index (χ3n) is 3.97. The Hall–Kier alpha value is -4.24. The van der Waals surface area contributed by atoms with Crippen molar-refractivity contribution in [1.29, 1.82) is 0 Å². The van der Waals surface area contributed by atoms with Crippen molar-refractivity contribution in [1.82, 2.24) is 5.43 Å². The Morgan fingerprint density at radius 2 is 1.75 bits per heavy atom. The quantitative estimate of drug-likeness (QED) is 0.181. The van der Waals surface area contributed by atoms with Gasteiger partial charge in [-0.1, -0.05) is 23.7 Å². The molecule has 3 aromatic carbocycles. The van der Waals surface area contributed by atoms with E-state index in [9.17, 15) is 19.7 Å². The molecule has 0 radical (unpaired) electrons. The van der Waals surface area contributed by atoms with Crippen molar-refractivity contribution in [3.05, 3.63) is 99.1 Å². The number of carbonyl (C=O) groups is 2. The van der Waals surface area contributed by atoms with Crippen LogP contribution in [0.1, 0.15) is 15.9 Å². The Morgan fingerprint density at radius 1 is 1.03 bits per heavy atom. The van der Waals surface area contributed by atoms with E-state index in [1.807, 2.05) is 0 Å². The van der Waals surface area contributed by atoms with Gasteiger partial charge >= 0.3 is 5.97 Å². The van der Waals surface area contributed by atoms with E-state index in [2.05, 4.69) is 10.5 Å². The predicted octanol–water partition coefficient (Wildman–Crippen LogP) is 4.00. The number of rotatable bonds is 8. The first-order valence-electron chi connectivity index (χ1n) is 9.18. The third kappa shape index (κ3) is 6.64. The van der Waals surface area contributed by atoms with Crippen LogP contribution >= 0.6 is 11.6 Å². The molecule has 162 valence electrons. The summed E-state index contributed by atoms with van der Waals surface area (Å²) in [6.45, 7) is -0.326. The molecule has 3 aromatic rings. The fraction of sp³-hybridized carbons (Fsp3) is 0.0455. The molecule has 1 N–H and O–H groups in total. The first kappa shape index (κ1) is 22.4. The smallest absolute Gasteiger partial charge is 0.343 e. The van der Waals surface area contributed by atoms with Gasteiger partial charge in [-0.25, -0.2) is 10.2 Å². The number of ether oxygens (including phenoxy) is 2. The van der Waals surface area contributed by atoms with Crippen LogP contribution < -0.4 is 14.9 Å². The highest BCUT2D eigenvalue weighted by Gasteiger charge is 2.09. The summed E-state index contributed by atoms with van der Waals surface area (Å²) < 4.78 is 10.6. The minimum absolute atomic E-state index is 0.0764. The number of hydrazone groups is 1. The van der Waals surface area contributed by atoms with Gasteiger partial charge in [-0.3, -0.25) is 14.9 Å². The Balaban J connectivity index is 1.49. The number of benzene rings is 3. The van der Waals surface area contributed by atoms with Crippen LogP contribution in [0.15, 0.2) is 77.9 Å². The van der Waals surface area contributed by atoms with Crippen LogP contribution in [0, 0.1) is 10.1 Å². The first-order valence-corrected chi connectivity index (χ1v) is 9.55. The van der Waals surface area contributed by atoms with Gasteiger partial charge in [0.2, 0.25) is 0 Å². The molecular weight excluding hydrogens is 438 g/mol. The summed E-state index contributed by atoms with van der Waals surface area (Å²) in [4.78, 5) is 34.1. The monoisotopic (exact) mass is 453 g/mol. The van der Waals surface area contributed by atoms with E-state index in [0.717, 1.165) is 0 Å². The number of carbonyl (C=O) groups excluding carboxylic acids is 2. The molecule has 9 nitrogen and oxygen atoms in total. The number of nitro groups is 1. The maximum atomic E-state index is 12.2. The van der Waals surface area contributed by atoms with Gasteiger partial charge in [-0.2, -0.15) is 5.10 Å². The van der Waals surface area contributed by atoms with Crippen molar-refractivity contribution in [2.45, 2.75) is 0 Å². The highest BCUT2D eigenvalue weighted by Crippen LogP contribution is 2.17. The number of amides is 1. The number of non-ortho nitro benzene ring substituents is 1. The second kappa shape index (κ2) is 10.7. The topological polar surface area (TPSA) is 120 Å². The standard InChI is InChI=1S/C22H16ClN3O6/c23-17-6-4-16(5-7-17)22(28)32-20-3-1-2-15(12-20)13-24-25-21(27)14-31-19-10-8-18(9-11-19)26(29)30/h1-13H,14H2,(H,25,27). The zero-order chi connectivity index (χ0) is 22.9. The maximum Gasteiger partial charge on any atom is 0.343 e. The lowest BCUT2D eigenvalue weighted by Crippen LogP contribution is -2.24. The number of hydrogen-bond donors (Lipinski definition) is 1. The van der Waals surface area contributed by atoms with Gasteiger partial charge < -0.3 is 9.47 Å². The van der Waals surface area contributed by atoms with E-state index in [-0.39, 0.29) is 12.3 Å². The molecule has 0 aromatic heterocycles. The number of hydrogen-bond acceptors (Lipinski definition) is 7. The fourth-order valence-corrected chi connectivity index (χ4v) is 2.56. The van der Waals surface area contributed by atoms with Gasteiger partial charge in [-0.05, 0) is 54.1 Å². The van der Waals surface area contributed by atoms with Crippen LogP contribution in [0.5, 0.6) is 11.5 Å². The second-order valence-electron chi connectivity index (χ2n) is 6.30. The van der Waals surface area contributed by atoms with E-state index < -0.39 is 16.8 Å². The SMILES string of the molecule is O=C(COc1ccc([N+](=O)[O-])cc1)NN=Cc1cccc(OC(=O)c2ccc(Cl)cc2)c1. The summed E-state index contributed by atoms with van der Waals surface area (Å²) >= 11 is 5.81. The van der Waals surface area contributed by atoms with Crippen LogP contribution in [-0.4, -0.2) is 29.6 Å². The summed E-state index contributed by atoms with van der Waals surface area (Å²) in [5.41, 5.74) is 3.16. The highest BCUT2D eigenvalue weighted by atomic mass is 35.5. The van der Waals surface area contributed by atoms with Crippen LogP contribution in [0.3, 0.4) is 0 Å². The number of nitro benzene ring substituents is 1. The van der Waals surface area contributed by atoms with E-state index >= 15 is 0 Å². The average molecular weight is 454 g/mol. The van der Waals surface area contributed by atoms with Crippen molar-refractivity contribution >= 4 is 35.4 Å². The molecule has 10 heteroatoms. The number of nitrogens with zero attached hydrogens (tertiary/aromatic N) is 2. The number of esters is 1. The van der Waals surface area contributed by atoms with Crippen LogP contribution in [0.25, 0.3) is 0 Å². The zero-order valence-corrected chi connectivity index (χ0v) is 17.2. The summed E-state index contributed by atoms with van der Waals surface area (Å²) in [6.07, 6.45) is 1.38. The van der Waals surface area contributed by atoms with Crippen molar-refractivity contribution in [2.24, 2.45) is 5.10 Å². The molecule has 0 aliphatic carbocycles. The minimum Gasteiger partial charge on any atom is -0.484 e. The van der Waals surface area contributed by atoms with Gasteiger partial charge in [0.25, 0.3) is 11.6 Å². The molecule has 0 fully saturated rings. The molecule has 0 aliphatic heterocycles. The van der Waals surface area contributed by atoms with Gasteiger partial charge in [0.05, 0.1) is 16.7 Å². The molecular formula is C22H16ClN3O6. The molecule has 0 heterocycles. The number of nitrogens with one attached hydrogen (secondary N) is 1.